The molecule has 3 aromatic heterocycles. The van der Waals surface area contributed by atoms with Gasteiger partial charge in [-0.15, -0.1) is 11.3 Å². The third-order valence-electron chi connectivity index (χ3n) is 9.69. The fraction of sp³-hybridized carbons (Fsp3) is 0.0444. The molecule has 6 aromatic carbocycles. The van der Waals surface area contributed by atoms with E-state index in [1.54, 1.807) is 11.3 Å². The van der Waals surface area contributed by atoms with Crippen molar-refractivity contribution in [3.05, 3.63) is 163 Å². The molecule has 0 radical (unpaired) electrons. The summed E-state index contributed by atoms with van der Waals surface area (Å²) < 4.78 is 8.93. The van der Waals surface area contributed by atoms with E-state index in [2.05, 4.69) is 133 Å². The second-order valence-electron chi connectivity index (χ2n) is 12.7. The van der Waals surface area contributed by atoms with E-state index in [4.69, 9.17) is 19.4 Å². The Labute approximate surface area is 292 Å². The number of rotatable bonds is 5. The molecular formula is C45H29N3OS. The summed E-state index contributed by atoms with van der Waals surface area (Å²) in [7, 11) is 0. The van der Waals surface area contributed by atoms with Crippen molar-refractivity contribution >= 4 is 64.6 Å². The van der Waals surface area contributed by atoms with Gasteiger partial charge in [0.15, 0.2) is 17.5 Å². The summed E-state index contributed by atoms with van der Waals surface area (Å²) in [6.45, 7) is 0. The standard InChI is InChI=1S/C45H29N3OS/c1-2-10-28(11-3-1)31-12-8-13-32(26-31)29-20-22-30(23-21-29)43-46-44(33-24-25-36-35-15-5-7-19-40(35)50-41(36)27-33)48-45(47-43)38-17-9-16-37-34-14-4-6-18-39(34)49-42(37)38/h1-20,22,24-27H,21,23H2. The topological polar surface area (TPSA) is 51.8 Å². The van der Waals surface area contributed by atoms with Crippen LogP contribution in [0.4, 0.5) is 0 Å². The summed E-state index contributed by atoms with van der Waals surface area (Å²) in [4.78, 5) is 15.4. The van der Waals surface area contributed by atoms with Crippen LogP contribution in [0.15, 0.2) is 156 Å². The Morgan fingerprint density at radius 3 is 2.02 bits per heavy atom. The van der Waals surface area contributed by atoms with E-state index in [1.807, 2.05) is 18.2 Å². The highest BCUT2D eigenvalue weighted by Crippen LogP contribution is 2.39. The lowest BCUT2D eigenvalue weighted by Gasteiger charge is -2.16. The van der Waals surface area contributed by atoms with Crippen molar-refractivity contribution in [1.82, 2.24) is 15.0 Å². The maximum Gasteiger partial charge on any atom is 0.167 e. The van der Waals surface area contributed by atoms with Gasteiger partial charge in [0, 0.05) is 36.5 Å². The van der Waals surface area contributed by atoms with E-state index in [0.29, 0.717) is 17.5 Å². The molecular weight excluding hydrogens is 631 g/mol. The molecule has 0 saturated carbocycles. The van der Waals surface area contributed by atoms with Crippen LogP contribution in [-0.2, 0) is 0 Å². The minimum Gasteiger partial charge on any atom is -0.455 e. The van der Waals surface area contributed by atoms with Crippen molar-refractivity contribution in [2.24, 2.45) is 0 Å². The Morgan fingerprint density at radius 1 is 0.440 bits per heavy atom. The first-order chi connectivity index (χ1) is 24.7. The highest BCUT2D eigenvalue weighted by atomic mass is 32.1. The van der Waals surface area contributed by atoms with Gasteiger partial charge < -0.3 is 4.42 Å². The highest BCUT2D eigenvalue weighted by molar-refractivity contribution is 7.25. The summed E-state index contributed by atoms with van der Waals surface area (Å²) in [6, 6.07) is 48.9. The lowest BCUT2D eigenvalue weighted by molar-refractivity contribution is 0.669. The molecule has 0 aliphatic heterocycles. The average molecular weight is 660 g/mol. The van der Waals surface area contributed by atoms with Crippen LogP contribution >= 0.6 is 11.3 Å². The van der Waals surface area contributed by atoms with Gasteiger partial charge in [-0.3, -0.25) is 0 Å². The lowest BCUT2D eigenvalue weighted by atomic mass is 9.91. The molecule has 0 saturated heterocycles. The van der Waals surface area contributed by atoms with Gasteiger partial charge in [-0.1, -0.05) is 121 Å². The second kappa shape index (κ2) is 11.8. The van der Waals surface area contributed by atoms with Gasteiger partial charge in [-0.25, -0.2) is 15.0 Å². The average Bonchev–Trinajstić information content (AvgIpc) is 3.76. The molecule has 0 atom stereocenters. The van der Waals surface area contributed by atoms with Crippen LogP contribution in [0.25, 0.3) is 87.2 Å². The minimum absolute atomic E-state index is 0.609. The predicted octanol–water partition coefficient (Wildman–Crippen LogP) is 12.4. The normalized spacial score (nSPS) is 13.3. The van der Waals surface area contributed by atoms with Gasteiger partial charge in [0.05, 0.1) is 5.56 Å². The largest absolute Gasteiger partial charge is 0.455 e. The van der Waals surface area contributed by atoms with Gasteiger partial charge in [-0.05, 0) is 71.0 Å². The number of thiophene rings is 1. The van der Waals surface area contributed by atoms with Gasteiger partial charge in [0.25, 0.3) is 0 Å². The highest BCUT2D eigenvalue weighted by Gasteiger charge is 2.20. The van der Waals surface area contributed by atoms with Crippen LogP contribution in [0.2, 0.25) is 0 Å². The molecule has 0 bridgehead atoms. The Balaban J connectivity index is 1.11. The monoisotopic (exact) mass is 659 g/mol. The van der Waals surface area contributed by atoms with Crippen LogP contribution in [-0.4, -0.2) is 15.0 Å². The zero-order valence-electron chi connectivity index (χ0n) is 27.0. The fourth-order valence-electron chi connectivity index (χ4n) is 7.15. The van der Waals surface area contributed by atoms with E-state index >= 15 is 0 Å². The molecule has 0 fully saturated rings. The first-order valence-electron chi connectivity index (χ1n) is 16.9. The third kappa shape index (κ3) is 4.94. The smallest absolute Gasteiger partial charge is 0.167 e. The van der Waals surface area contributed by atoms with Crippen molar-refractivity contribution in [1.29, 1.82) is 0 Å². The van der Waals surface area contributed by atoms with Crippen molar-refractivity contribution in [2.75, 3.05) is 0 Å². The Morgan fingerprint density at radius 2 is 1.12 bits per heavy atom. The molecule has 3 heterocycles. The van der Waals surface area contributed by atoms with E-state index in [0.717, 1.165) is 51.5 Å². The molecule has 50 heavy (non-hydrogen) atoms. The number of fused-ring (bicyclic) bond motifs is 6. The minimum atomic E-state index is 0.609. The van der Waals surface area contributed by atoms with Crippen molar-refractivity contribution in [3.63, 3.8) is 0 Å². The van der Waals surface area contributed by atoms with Gasteiger partial charge in [-0.2, -0.15) is 0 Å². The van der Waals surface area contributed by atoms with Gasteiger partial charge in [0.1, 0.15) is 11.2 Å². The fourth-order valence-corrected chi connectivity index (χ4v) is 8.30. The zero-order chi connectivity index (χ0) is 33.0. The molecule has 1 aliphatic carbocycles. The summed E-state index contributed by atoms with van der Waals surface area (Å²) in [5, 5.41) is 4.66. The lowest BCUT2D eigenvalue weighted by Crippen LogP contribution is -2.04. The summed E-state index contributed by atoms with van der Waals surface area (Å²) in [5.74, 6) is 1.96. The van der Waals surface area contributed by atoms with Crippen LogP contribution in [0, 0.1) is 0 Å². The van der Waals surface area contributed by atoms with Crippen molar-refractivity contribution in [3.8, 4) is 33.9 Å². The zero-order valence-corrected chi connectivity index (χ0v) is 27.8. The van der Waals surface area contributed by atoms with Gasteiger partial charge in [0.2, 0.25) is 0 Å². The Bertz CT molecular complexity index is 2820. The predicted molar refractivity (Wildman–Crippen MR) is 208 cm³/mol. The van der Waals surface area contributed by atoms with Crippen LogP contribution in [0.3, 0.4) is 0 Å². The molecule has 5 heteroatoms. The summed E-state index contributed by atoms with van der Waals surface area (Å²) >= 11 is 1.80. The first-order valence-corrected chi connectivity index (χ1v) is 17.7. The van der Waals surface area contributed by atoms with Crippen LogP contribution < -0.4 is 0 Å². The maximum atomic E-state index is 6.44. The number of allylic oxidation sites excluding steroid dienone is 4. The maximum absolute atomic E-state index is 6.44. The number of hydrogen-bond acceptors (Lipinski definition) is 5. The molecule has 9 aromatic rings. The molecule has 236 valence electrons. The number of para-hydroxylation sites is 2. The van der Waals surface area contributed by atoms with E-state index in [-0.39, 0.29) is 0 Å². The third-order valence-corrected chi connectivity index (χ3v) is 10.8. The SMILES string of the molecule is C1=C(c2cccc(-c3ccccc3)c2)CCC(c2nc(-c3ccc4c(c3)sc3ccccc34)nc(-c3cccc4c3oc3ccccc34)n2)=C1. The molecule has 1 aliphatic rings. The molecule has 4 nitrogen and oxygen atoms in total. The molecule has 0 amide bonds. The van der Waals surface area contributed by atoms with E-state index in [9.17, 15) is 0 Å². The second-order valence-corrected chi connectivity index (χ2v) is 13.8. The summed E-state index contributed by atoms with van der Waals surface area (Å²) in [6.07, 6.45) is 6.14. The number of hydrogen-bond donors (Lipinski definition) is 0. The number of aromatic nitrogens is 3. The van der Waals surface area contributed by atoms with E-state index in [1.165, 1.54) is 42.4 Å². The van der Waals surface area contributed by atoms with Crippen LogP contribution in [0.5, 0.6) is 0 Å². The van der Waals surface area contributed by atoms with Crippen molar-refractivity contribution < 1.29 is 4.42 Å². The molecule has 0 unspecified atom stereocenters. The van der Waals surface area contributed by atoms with Gasteiger partial charge >= 0.3 is 0 Å². The first kappa shape index (κ1) is 28.8. The number of furan rings is 1. The molecule has 10 rings (SSSR count). The Hall–Kier alpha value is -6.17. The van der Waals surface area contributed by atoms with E-state index < -0.39 is 0 Å². The quantitative estimate of drug-likeness (QED) is 0.184. The Kier molecular flexibility index (Phi) is 6.78. The summed E-state index contributed by atoms with van der Waals surface area (Å²) in [5.41, 5.74) is 9.56. The molecule has 0 N–H and O–H groups in total. The molecule has 0 spiro atoms. The number of benzene rings is 6. The number of nitrogens with zero attached hydrogens (tertiary/aromatic N) is 3. The van der Waals surface area contributed by atoms with Crippen molar-refractivity contribution in [2.45, 2.75) is 12.8 Å². The van der Waals surface area contributed by atoms with Crippen LogP contribution in [0.1, 0.15) is 24.2 Å².